The van der Waals surface area contributed by atoms with E-state index in [4.69, 9.17) is 0 Å². The molecule has 2 bridgehead atoms. The van der Waals surface area contributed by atoms with Gasteiger partial charge in [0.25, 0.3) is 0 Å². The van der Waals surface area contributed by atoms with Crippen LogP contribution in [0.5, 0.6) is 0 Å². The summed E-state index contributed by atoms with van der Waals surface area (Å²) >= 11 is 0. The van der Waals surface area contributed by atoms with Crippen LogP contribution in [0.3, 0.4) is 0 Å². The maximum absolute atomic E-state index is 12.7. The van der Waals surface area contributed by atoms with Crippen molar-refractivity contribution in [1.29, 1.82) is 0 Å². The van der Waals surface area contributed by atoms with Gasteiger partial charge in [0.05, 0.1) is 10.9 Å². The standard InChI is InChI=1S/C18H28N4O3S/c1-14(15-4-6-17(7-5-15)26(24,25)20(2)3)19-18(23)22-13-12-21-10-8-16(22)9-11-21/h4-7,14,16H,8-13H2,1-3H3,(H,19,23). The summed E-state index contributed by atoms with van der Waals surface area (Å²) in [6, 6.07) is 6.83. The molecule has 144 valence electrons. The summed E-state index contributed by atoms with van der Waals surface area (Å²) in [5, 5.41) is 3.07. The first-order chi connectivity index (χ1) is 12.3. The van der Waals surface area contributed by atoms with Crippen LogP contribution >= 0.6 is 0 Å². The minimum atomic E-state index is -3.44. The second-order valence-electron chi connectivity index (χ2n) is 7.29. The van der Waals surface area contributed by atoms with E-state index in [0.29, 0.717) is 6.04 Å². The third kappa shape index (κ3) is 3.87. The Kier molecular flexibility index (Phi) is 5.55. The molecule has 0 radical (unpaired) electrons. The maximum Gasteiger partial charge on any atom is 0.318 e. The summed E-state index contributed by atoms with van der Waals surface area (Å²) in [5.74, 6) is 0. The van der Waals surface area contributed by atoms with E-state index in [1.54, 1.807) is 24.3 Å². The van der Waals surface area contributed by atoms with Crippen molar-refractivity contribution in [3.05, 3.63) is 29.8 Å². The molecule has 8 heteroatoms. The molecule has 4 rings (SSSR count). The van der Waals surface area contributed by atoms with Crippen molar-refractivity contribution < 1.29 is 13.2 Å². The molecule has 3 aliphatic heterocycles. The Labute approximate surface area is 156 Å². The summed E-state index contributed by atoms with van der Waals surface area (Å²) < 4.78 is 25.5. The van der Waals surface area contributed by atoms with Gasteiger partial charge in [-0.05, 0) is 37.5 Å². The number of urea groups is 1. The summed E-state index contributed by atoms with van der Waals surface area (Å²) in [6.07, 6.45) is 2.08. The molecule has 3 saturated heterocycles. The van der Waals surface area contributed by atoms with Gasteiger partial charge >= 0.3 is 6.03 Å². The van der Waals surface area contributed by atoms with Crippen LogP contribution in [0.15, 0.2) is 29.2 Å². The second-order valence-corrected chi connectivity index (χ2v) is 9.45. The predicted molar refractivity (Wildman–Crippen MR) is 100 cm³/mol. The number of carbonyl (C=O) groups is 1. The van der Waals surface area contributed by atoms with Gasteiger partial charge in [0.1, 0.15) is 0 Å². The average molecular weight is 381 g/mol. The van der Waals surface area contributed by atoms with Crippen molar-refractivity contribution in [2.75, 3.05) is 40.3 Å². The number of nitrogens with one attached hydrogen (secondary N) is 1. The Morgan fingerprint density at radius 3 is 2.31 bits per heavy atom. The monoisotopic (exact) mass is 380 g/mol. The molecule has 3 fully saturated rings. The van der Waals surface area contributed by atoms with Crippen LogP contribution in [-0.4, -0.2) is 74.9 Å². The molecule has 1 unspecified atom stereocenters. The van der Waals surface area contributed by atoms with Crippen LogP contribution in [0.4, 0.5) is 4.79 Å². The van der Waals surface area contributed by atoms with Gasteiger partial charge < -0.3 is 15.1 Å². The number of hydrogen-bond acceptors (Lipinski definition) is 4. The molecule has 0 spiro atoms. The molecule has 2 amide bonds. The summed E-state index contributed by atoms with van der Waals surface area (Å²) in [6.45, 7) is 5.78. The van der Waals surface area contributed by atoms with E-state index >= 15 is 0 Å². The minimum Gasteiger partial charge on any atom is -0.331 e. The van der Waals surface area contributed by atoms with Gasteiger partial charge in [0.2, 0.25) is 10.0 Å². The number of carbonyl (C=O) groups excluding carboxylic acids is 1. The van der Waals surface area contributed by atoms with Crippen LogP contribution in [0, 0.1) is 0 Å². The number of amides is 2. The van der Waals surface area contributed by atoms with E-state index in [2.05, 4.69) is 10.2 Å². The Hall–Kier alpha value is -1.64. The number of fused-ring (bicyclic) bond motifs is 4. The van der Waals surface area contributed by atoms with E-state index in [-0.39, 0.29) is 17.0 Å². The fraction of sp³-hybridized carbons (Fsp3) is 0.611. The number of rotatable bonds is 4. The fourth-order valence-electron chi connectivity index (χ4n) is 3.64. The Balaban J connectivity index is 1.66. The van der Waals surface area contributed by atoms with Gasteiger partial charge in [0.15, 0.2) is 0 Å². The number of sulfonamides is 1. The lowest BCUT2D eigenvalue weighted by atomic mass is 10.1. The third-order valence-electron chi connectivity index (χ3n) is 5.41. The van der Waals surface area contributed by atoms with Crippen molar-refractivity contribution in [2.24, 2.45) is 0 Å². The molecule has 0 saturated carbocycles. The Morgan fingerprint density at radius 2 is 1.73 bits per heavy atom. The molecular weight excluding hydrogens is 352 g/mol. The molecule has 7 nitrogen and oxygen atoms in total. The fourth-order valence-corrected chi connectivity index (χ4v) is 4.55. The van der Waals surface area contributed by atoms with Gasteiger partial charge in [-0.2, -0.15) is 0 Å². The molecule has 3 heterocycles. The summed E-state index contributed by atoms with van der Waals surface area (Å²) in [5.41, 5.74) is 0.888. The number of piperidine rings is 1. The van der Waals surface area contributed by atoms with Gasteiger partial charge in [0, 0.05) is 46.3 Å². The van der Waals surface area contributed by atoms with Crippen molar-refractivity contribution in [1.82, 2.24) is 19.4 Å². The van der Waals surface area contributed by atoms with Crippen LogP contribution in [0.1, 0.15) is 31.4 Å². The minimum absolute atomic E-state index is 0.0313. The van der Waals surface area contributed by atoms with Crippen LogP contribution in [0.2, 0.25) is 0 Å². The highest BCUT2D eigenvalue weighted by atomic mass is 32.2. The van der Waals surface area contributed by atoms with Crippen LogP contribution in [0.25, 0.3) is 0 Å². The highest BCUT2D eigenvalue weighted by Crippen LogP contribution is 2.22. The van der Waals surface area contributed by atoms with Crippen LogP contribution < -0.4 is 5.32 Å². The van der Waals surface area contributed by atoms with Crippen LogP contribution in [-0.2, 0) is 10.0 Å². The molecule has 1 N–H and O–H groups in total. The molecule has 1 atom stereocenters. The van der Waals surface area contributed by atoms with Crippen molar-refractivity contribution in [2.45, 2.75) is 36.7 Å². The van der Waals surface area contributed by atoms with E-state index in [0.717, 1.165) is 44.6 Å². The molecule has 1 aromatic carbocycles. The van der Waals surface area contributed by atoms with E-state index in [1.165, 1.54) is 18.4 Å². The van der Waals surface area contributed by atoms with E-state index < -0.39 is 10.0 Å². The highest BCUT2D eigenvalue weighted by Gasteiger charge is 2.32. The smallest absolute Gasteiger partial charge is 0.318 e. The van der Waals surface area contributed by atoms with E-state index in [1.807, 2.05) is 11.8 Å². The van der Waals surface area contributed by atoms with Gasteiger partial charge in [-0.25, -0.2) is 17.5 Å². The highest BCUT2D eigenvalue weighted by molar-refractivity contribution is 7.89. The summed E-state index contributed by atoms with van der Waals surface area (Å²) in [4.78, 5) is 17.4. The molecule has 26 heavy (non-hydrogen) atoms. The largest absolute Gasteiger partial charge is 0.331 e. The van der Waals surface area contributed by atoms with Crippen molar-refractivity contribution in [3.8, 4) is 0 Å². The SMILES string of the molecule is CC(NC(=O)N1CCN2CCC1CC2)c1ccc(S(=O)(=O)N(C)C)cc1. The lowest BCUT2D eigenvalue weighted by Gasteiger charge is -2.32. The van der Waals surface area contributed by atoms with Gasteiger partial charge in [-0.15, -0.1) is 0 Å². The predicted octanol–water partition coefficient (Wildman–Crippen LogP) is 1.49. The molecule has 0 aromatic heterocycles. The lowest BCUT2D eigenvalue weighted by Crippen LogP contribution is -2.47. The Morgan fingerprint density at radius 1 is 1.12 bits per heavy atom. The zero-order chi connectivity index (χ0) is 18.9. The molecule has 3 aliphatic rings. The number of benzene rings is 1. The quantitative estimate of drug-likeness (QED) is 0.859. The zero-order valence-electron chi connectivity index (χ0n) is 15.7. The first kappa shape index (κ1) is 19.1. The second kappa shape index (κ2) is 7.54. The molecule has 0 aliphatic carbocycles. The average Bonchev–Trinajstić information content (AvgIpc) is 2.95. The van der Waals surface area contributed by atoms with E-state index in [9.17, 15) is 13.2 Å². The zero-order valence-corrected chi connectivity index (χ0v) is 16.5. The lowest BCUT2D eigenvalue weighted by molar-refractivity contribution is 0.168. The maximum atomic E-state index is 12.7. The third-order valence-corrected chi connectivity index (χ3v) is 7.24. The topological polar surface area (TPSA) is 73.0 Å². The van der Waals surface area contributed by atoms with Crippen molar-refractivity contribution >= 4 is 16.1 Å². The van der Waals surface area contributed by atoms with Crippen molar-refractivity contribution in [3.63, 3.8) is 0 Å². The number of nitrogens with zero attached hydrogens (tertiary/aromatic N) is 3. The first-order valence-corrected chi connectivity index (χ1v) is 10.5. The Bertz CT molecular complexity index is 740. The molecular formula is C18H28N4O3S. The summed E-state index contributed by atoms with van der Waals surface area (Å²) in [7, 11) is -0.414. The normalized spacial score (nSPS) is 24.4. The molecule has 1 aromatic rings. The van der Waals surface area contributed by atoms with Gasteiger partial charge in [-0.1, -0.05) is 12.1 Å². The first-order valence-electron chi connectivity index (χ1n) is 9.11. The van der Waals surface area contributed by atoms with Gasteiger partial charge in [-0.3, -0.25) is 0 Å². The number of hydrogen-bond donors (Lipinski definition) is 1.